The summed E-state index contributed by atoms with van der Waals surface area (Å²) in [6.45, 7) is 1.01. The molecule has 0 radical (unpaired) electrons. The normalized spacial score (nSPS) is 20.9. The van der Waals surface area contributed by atoms with E-state index in [-0.39, 0.29) is 12.6 Å². The molecule has 1 aromatic heterocycles. The van der Waals surface area contributed by atoms with Crippen LogP contribution in [0.2, 0.25) is 0 Å². The smallest absolute Gasteiger partial charge is 0.173 e. The molecule has 0 bridgehead atoms. The van der Waals surface area contributed by atoms with Crippen molar-refractivity contribution in [2.45, 2.75) is 18.9 Å². The second-order valence-corrected chi connectivity index (χ2v) is 4.39. The SMILES string of the molecule is Nc1ncc(Br)nc1N1CCC[C@@H]1CO. The van der Waals surface area contributed by atoms with Gasteiger partial charge in [-0.3, -0.25) is 0 Å². The Morgan fingerprint density at radius 1 is 1.67 bits per heavy atom. The molecule has 1 saturated heterocycles. The molecule has 6 heteroatoms. The number of halogens is 1. The number of nitrogens with zero attached hydrogens (tertiary/aromatic N) is 3. The van der Waals surface area contributed by atoms with Gasteiger partial charge < -0.3 is 15.7 Å². The van der Waals surface area contributed by atoms with Gasteiger partial charge in [0, 0.05) is 6.54 Å². The lowest BCUT2D eigenvalue weighted by Gasteiger charge is -2.24. The quantitative estimate of drug-likeness (QED) is 0.833. The van der Waals surface area contributed by atoms with Crippen molar-refractivity contribution < 1.29 is 5.11 Å². The highest BCUT2D eigenvalue weighted by molar-refractivity contribution is 9.10. The van der Waals surface area contributed by atoms with Crippen molar-refractivity contribution in [3.8, 4) is 0 Å². The van der Waals surface area contributed by atoms with Gasteiger partial charge in [-0.1, -0.05) is 0 Å². The monoisotopic (exact) mass is 272 g/mol. The van der Waals surface area contributed by atoms with Gasteiger partial charge in [0.1, 0.15) is 4.60 Å². The summed E-state index contributed by atoms with van der Waals surface area (Å²) in [5, 5.41) is 9.22. The van der Waals surface area contributed by atoms with Gasteiger partial charge in [-0.2, -0.15) is 0 Å². The van der Waals surface area contributed by atoms with Gasteiger partial charge in [0.25, 0.3) is 0 Å². The summed E-state index contributed by atoms with van der Waals surface area (Å²) in [4.78, 5) is 10.4. The molecule has 2 heterocycles. The third-order valence-corrected chi connectivity index (χ3v) is 2.99. The Bertz CT molecular complexity index is 360. The molecule has 0 aliphatic carbocycles. The van der Waals surface area contributed by atoms with Gasteiger partial charge in [-0.15, -0.1) is 0 Å². The van der Waals surface area contributed by atoms with Crippen LogP contribution in [0.1, 0.15) is 12.8 Å². The Kier molecular flexibility index (Phi) is 3.06. The second kappa shape index (κ2) is 4.32. The van der Waals surface area contributed by atoms with Crippen LogP contribution in [0, 0.1) is 0 Å². The number of nitrogen functional groups attached to an aromatic ring is 1. The van der Waals surface area contributed by atoms with Gasteiger partial charge in [-0.05, 0) is 28.8 Å². The maximum absolute atomic E-state index is 9.22. The Balaban J connectivity index is 2.31. The third-order valence-electron chi connectivity index (χ3n) is 2.61. The molecule has 0 unspecified atom stereocenters. The van der Waals surface area contributed by atoms with Crippen LogP contribution in [0.3, 0.4) is 0 Å². The lowest BCUT2D eigenvalue weighted by atomic mass is 10.2. The summed E-state index contributed by atoms with van der Waals surface area (Å²) in [7, 11) is 0. The molecule has 0 amide bonds. The third kappa shape index (κ3) is 2.05. The fourth-order valence-corrected chi connectivity index (χ4v) is 2.15. The number of aliphatic hydroxyl groups is 1. The molecular formula is C9H13BrN4O. The van der Waals surface area contributed by atoms with E-state index in [2.05, 4.69) is 25.9 Å². The van der Waals surface area contributed by atoms with Crippen LogP contribution in [0.25, 0.3) is 0 Å². The molecule has 2 rings (SSSR count). The first-order valence-electron chi connectivity index (χ1n) is 4.88. The Morgan fingerprint density at radius 2 is 2.47 bits per heavy atom. The van der Waals surface area contributed by atoms with Crippen molar-refractivity contribution in [3.63, 3.8) is 0 Å². The molecule has 1 aromatic rings. The van der Waals surface area contributed by atoms with E-state index in [1.807, 2.05) is 4.90 Å². The lowest BCUT2D eigenvalue weighted by Crippen LogP contribution is -2.33. The van der Waals surface area contributed by atoms with Crippen LogP contribution in [0.5, 0.6) is 0 Å². The van der Waals surface area contributed by atoms with Crippen LogP contribution in [0.15, 0.2) is 10.8 Å². The number of hydrogen-bond donors (Lipinski definition) is 2. The standard InChI is InChI=1S/C9H13BrN4O/c10-7-4-12-8(11)9(13-7)14-3-1-2-6(14)5-15/h4,6,15H,1-3,5H2,(H2,11,12)/t6-/m1/s1. The zero-order valence-corrected chi connectivity index (χ0v) is 9.81. The summed E-state index contributed by atoms with van der Waals surface area (Å²) in [6, 6.07) is 0.121. The fraction of sp³-hybridized carbons (Fsp3) is 0.556. The van der Waals surface area contributed by atoms with E-state index in [1.165, 1.54) is 0 Å². The molecule has 0 spiro atoms. The molecule has 15 heavy (non-hydrogen) atoms. The average Bonchev–Trinajstić information content (AvgIpc) is 2.69. The lowest BCUT2D eigenvalue weighted by molar-refractivity contribution is 0.266. The number of rotatable bonds is 2. The number of aliphatic hydroxyl groups excluding tert-OH is 1. The van der Waals surface area contributed by atoms with Crippen molar-refractivity contribution in [1.29, 1.82) is 0 Å². The fourth-order valence-electron chi connectivity index (χ4n) is 1.88. The maximum atomic E-state index is 9.22. The molecule has 1 fully saturated rings. The number of aromatic nitrogens is 2. The van der Waals surface area contributed by atoms with E-state index in [4.69, 9.17) is 5.73 Å². The zero-order chi connectivity index (χ0) is 10.8. The molecule has 0 saturated carbocycles. The summed E-state index contributed by atoms with van der Waals surface area (Å²) < 4.78 is 0.662. The second-order valence-electron chi connectivity index (χ2n) is 3.57. The van der Waals surface area contributed by atoms with E-state index >= 15 is 0 Å². The number of nitrogens with two attached hydrogens (primary N) is 1. The molecule has 5 nitrogen and oxygen atoms in total. The molecule has 1 aliphatic rings. The molecule has 1 aliphatic heterocycles. The summed E-state index contributed by atoms with van der Waals surface area (Å²) in [5.74, 6) is 1.08. The maximum Gasteiger partial charge on any atom is 0.173 e. The van der Waals surface area contributed by atoms with E-state index in [0.717, 1.165) is 19.4 Å². The number of hydrogen-bond acceptors (Lipinski definition) is 5. The zero-order valence-electron chi connectivity index (χ0n) is 8.23. The van der Waals surface area contributed by atoms with Crippen LogP contribution in [0.4, 0.5) is 11.6 Å². The highest BCUT2D eigenvalue weighted by Crippen LogP contribution is 2.28. The molecule has 3 N–H and O–H groups in total. The van der Waals surface area contributed by atoms with Crippen molar-refractivity contribution in [3.05, 3.63) is 10.8 Å². The van der Waals surface area contributed by atoms with Crippen molar-refractivity contribution in [2.24, 2.45) is 0 Å². The van der Waals surface area contributed by atoms with Crippen LogP contribution in [-0.4, -0.2) is 34.3 Å². The Morgan fingerprint density at radius 3 is 3.20 bits per heavy atom. The first-order chi connectivity index (χ1) is 7.22. The van der Waals surface area contributed by atoms with E-state index in [9.17, 15) is 5.11 Å². The van der Waals surface area contributed by atoms with Crippen LogP contribution in [-0.2, 0) is 0 Å². The predicted molar refractivity (Wildman–Crippen MR) is 61.6 cm³/mol. The molecular weight excluding hydrogens is 260 g/mol. The van der Waals surface area contributed by atoms with Crippen molar-refractivity contribution in [2.75, 3.05) is 23.8 Å². The van der Waals surface area contributed by atoms with Gasteiger partial charge in [0.05, 0.1) is 18.8 Å². The van der Waals surface area contributed by atoms with Crippen molar-refractivity contribution in [1.82, 2.24) is 9.97 Å². The minimum atomic E-state index is 0.121. The largest absolute Gasteiger partial charge is 0.394 e. The van der Waals surface area contributed by atoms with Gasteiger partial charge in [0.2, 0.25) is 0 Å². The Hall–Kier alpha value is -0.880. The minimum Gasteiger partial charge on any atom is -0.394 e. The van der Waals surface area contributed by atoms with Gasteiger partial charge in [-0.25, -0.2) is 9.97 Å². The molecule has 1 atom stereocenters. The first kappa shape index (κ1) is 10.6. The highest BCUT2D eigenvalue weighted by Gasteiger charge is 2.26. The predicted octanol–water partition coefficient (Wildman–Crippen LogP) is 0.782. The van der Waals surface area contributed by atoms with Crippen molar-refractivity contribution >= 4 is 27.6 Å². The molecule has 0 aromatic carbocycles. The summed E-state index contributed by atoms with van der Waals surface area (Å²) >= 11 is 3.27. The molecule has 82 valence electrons. The summed E-state index contributed by atoms with van der Waals surface area (Å²) in [5.41, 5.74) is 5.77. The number of anilines is 2. The minimum absolute atomic E-state index is 0.121. The van der Waals surface area contributed by atoms with Gasteiger partial charge in [0.15, 0.2) is 11.6 Å². The first-order valence-corrected chi connectivity index (χ1v) is 5.67. The van der Waals surface area contributed by atoms with Gasteiger partial charge >= 0.3 is 0 Å². The van der Waals surface area contributed by atoms with E-state index in [0.29, 0.717) is 16.2 Å². The van der Waals surface area contributed by atoms with E-state index in [1.54, 1.807) is 6.20 Å². The summed E-state index contributed by atoms with van der Waals surface area (Å²) in [6.07, 6.45) is 3.60. The average molecular weight is 273 g/mol. The highest BCUT2D eigenvalue weighted by atomic mass is 79.9. The Labute approximate surface area is 96.5 Å². The van der Waals surface area contributed by atoms with Crippen LogP contribution >= 0.6 is 15.9 Å². The van der Waals surface area contributed by atoms with Crippen LogP contribution < -0.4 is 10.6 Å². The van der Waals surface area contributed by atoms with E-state index < -0.39 is 0 Å². The topological polar surface area (TPSA) is 75.3 Å².